The Morgan fingerprint density at radius 2 is 2.16 bits per heavy atom. The monoisotopic (exact) mass is 275 g/mol. The Morgan fingerprint density at radius 3 is 2.74 bits per heavy atom. The van der Waals surface area contributed by atoms with Crippen molar-refractivity contribution in [3.63, 3.8) is 0 Å². The standard InChI is InChI=1S/C13H20F3N3/c1-3-17-10-5-4-9(2)8-11(10)19-7-6-12(18-19)13(14,15)16/h6-7,9-11,17H,3-5,8H2,1-2H3. The summed E-state index contributed by atoms with van der Waals surface area (Å²) in [5.74, 6) is 0.526. The zero-order valence-electron chi connectivity index (χ0n) is 11.2. The average molecular weight is 275 g/mol. The fraction of sp³-hybridized carbons (Fsp3) is 0.769. The highest BCUT2D eigenvalue weighted by atomic mass is 19.4. The number of alkyl halides is 3. The van der Waals surface area contributed by atoms with Crippen molar-refractivity contribution in [3.8, 4) is 0 Å². The lowest BCUT2D eigenvalue weighted by Gasteiger charge is -2.35. The molecule has 1 heterocycles. The van der Waals surface area contributed by atoms with E-state index in [0.29, 0.717) is 5.92 Å². The highest BCUT2D eigenvalue weighted by Crippen LogP contribution is 2.34. The quantitative estimate of drug-likeness (QED) is 0.917. The lowest BCUT2D eigenvalue weighted by atomic mass is 9.83. The molecule has 0 saturated heterocycles. The van der Waals surface area contributed by atoms with Gasteiger partial charge in [-0.15, -0.1) is 0 Å². The highest BCUT2D eigenvalue weighted by Gasteiger charge is 2.36. The van der Waals surface area contributed by atoms with E-state index in [1.807, 2.05) is 6.92 Å². The van der Waals surface area contributed by atoms with Gasteiger partial charge in [0, 0.05) is 12.2 Å². The maximum atomic E-state index is 12.6. The van der Waals surface area contributed by atoms with Crippen LogP contribution in [0.5, 0.6) is 0 Å². The van der Waals surface area contributed by atoms with Gasteiger partial charge in [-0.3, -0.25) is 4.68 Å². The van der Waals surface area contributed by atoms with Crippen LogP contribution < -0.4 is 5.32 Å². The normalized spacial score (nSPS) is 28.6. The Labute approximate surface area is 111 Å². The van der Waals surface area contributed by atoms with Crippen molar-refractivity contribution < 1.29 is 13.2 Å². The lowest BCUT2D eigenvalue weighted by Crippen LogP contribution is -2.41. The largest absolute Gasteiger partial charge is 0.435 e. The summed E-state index contributed by atoms with van der Waals surface area (Å²) in [6.45, 7) is 4.98. The Kier molecular flexibility index (Phi) is 4.18. The van der Waals surface area contributed by atoms with Crippen LogP contribution in [0.4, 0.5) is 13.2 Å². The molecule has 1 aliphatic rings. The van der Waals surface area contributed by atoms with Crippen LogP contribution in [0.15, 0.2) is 12.3 Å². The SMILES string of the molecule is CCNC1CCC(C)CC1n1ccc(C(F)(F)F)n1. The van der Waals surface area contributed by atoms with Gasteiger partial charge in [0.2, 0.25) is 0 Å². The van der Waals surface area contributed by atoms with Gasteiger partial charge in [0.1, 0.15) is 0 Å². The van der Waals surface area contributed by atoms with E-state index in [1.54, 1.807) is 0 Å². The van der Waals surface area contributed by atoms with Gasteiger partial charge >= 0.3 is 6.18 Å². The van der Waals surface area contributed by atoms with E-state index in [1.165, 1.54) is 10.9 Å². The van der Waals surface area contributed by atoms with Crippen molar-refractivity contribution in [1.82, 2.24) is 15.1 Å². The molecule has 0 bridgehead atoms. The fourth-order valence-corrected chi connectivity index (χ4v) is 2.82. The van der Waals surface area contributed by atoms with E-state index in [9.17, 15) is 13.2 Å². The molecule has 1 saturated carbocycles. The molecule has 2 rings (SSSR count). The van der Waals surface area contributed by atoms with Crippen molar-refractivity contribution in [1.29, 1.82) is 0 Å². The van der Waals surface area contributed by atoms with Crippen LogP contribution in [-0.4, -0.2) is 22.4 Å². The van der Waals surface area contributed by atoms with Gasteiger partial charge in [0.15, 0.2) is 5.69 Å². The summed E-state index contributed by atoms with van der Waals surface area (Å²) >= 11 is 0. The van der Waals surface area contributed by atoms with Gasteiger partial charge in [-0.05, 0) is 37.8 Å². The first-order valence-corrected chi connectivity index (χ1v) is 6.77. The van der Waals surface area contributed by atoms with E-state index >= 15 is 0 Å². The van der Waals surface area contributed by atoms with Crippen molar-refractivity contribution in [2.24, 2.45) is 5.92 Å². The first-order valence-electron chi connectivity index (χ1n) is 6.77. The number of hydrogen-bond acceptors (Lipinski definition) is 2. The summed E-state index contributed by atoms with van der Waals surface area (Å²) in [4.78, 5) is 0. The first kappa shape index (κ1) is 14.4. The molecule has 108 valence electrons. The molecule has 1 aromatic heterocycles. The Hall–Kier alpha value is -1.04. The molecule has 6 heteroatoms. The fourth-order valence-electron chi connectivity index (χ4n) is 2.82. The summed E-state index contributed by atoms with van der Waals surface area (Å²) in [6.07, 6.45) is 0.0637. The molecule has 0 radical (unpaired) electrons. The Morgan fingerprint density at radius 1 is 1.42 bits per heavy atom. The topological polar surface area (TPSA) is 29.9 Å². The van der Waals surface area contributed by atoms with Gasteiger partial charge in [-0.2, -0.15) is 18.3 Å². The number of nitrogens with zero attached hydrogens (tertiary/aromatic N) is 2. The van der Waals surface area contributed by atoms with Crippen molar-refractivity contribution >= 4 is 0 Å². The number of nitrogens with one attached hydrogen (secondary N) is 1. The summed E-state index contributed by atoms with van der Waals surface area (Å²) in [6, 6.07) is 1.28. The summed E-state index contributed by atoms with van der Waals surface area (Å²) < 4.78 is 39.3. The Bertz CT molecular complexity index is 414. The minimum Gasteiger partial charge on any atom is -0.312 e. The van der Waals surface area contributed by atoms with Gasteiger partial charge < -0.3 is 5.32 Å². The predicted molar refractivity (Wildman–Crippen MR) is 66.7 cm³/mol. The summed E-state index contributed by atoms with van der Waals surface area (Å²) in [5, 5.41) is 7.08. The molecule has 1 aromatic rings. The van der Waals surface area contributed by atoms with Crippen molar-refractivity contribution in [2.75, 3.05) is 6.54 Å². The van der Waals surface area contributed by atoms with Crippen LogP contribution in [0, 0.1) is 5.92 Å². The first-order chi connectivity index (χ1) is 8.91. The van der Waals surface area contributed by atoms with E-state index in [2.05, 4.69) is 17.3 Å². The maximum absolute atomic E-state index is 12.6. The molecule has 0 aromatic carbocycles. The molecule has 3 atom stereocenters. The van der Waals surface area contributed by atoms with E-state index in [0.717, 1.165) is 31.9 Å². The lowest BCUT2D eigenvalue weighted by molar-refractivity contribution is -0.141. The number of aromatic nitrogens is 2. The van der Waals surface area contributed by atoms with Crippen molar-refractivity contribution in [2.45, 2.75) is 51.4 Å². The average Bonchev–Trinajstić information content (AvgIpc) is 2.80. The molecule has 3 unspecified atom stereocenters. The Balaban J connectivity index is 2.19. The molecule has 0 spiro atoms. The van der Waals surface area contributed by atoms with Gasteiger partial charge in [0.25, 0.3) is 0 Å². The molecule has 1 aliphatic carbocycles. The second-order valence-corrected chi connectivity index (χ2v) is 5.33. The minimum atomic E-state index is -4.36. The highest BCUT2D eigenvalue weighted by molar-refractivity contribution is 5.05. The van der Waals surface area contributed by atoms with Crippen LogP contribution in [0.1, 0.15) is 44.8 Å². The van der Waals surface area contributed by atoms with E-state index < -0.39 is 11.9 Å². The van der Waals surface area contributed by atoms with Gasteiger partial charge in [-0.25, -0.2) is 0 Å². The van der Waals surface area contributed by atoms with Gasteiger partial charge in [-0.1, -0.05) is 13.8 Å². The number of likely N-dealkylation sites (N-methyl/N-ethyl adjacent to an activating group) is 1. The number of hydrogen-bond donors (Lipinski definition) is 1. The molecule has 0 aliphatic heterocycles. The third kappa shape index (κ3) is 3.29. The third-order valence-electron chi connectivity index (χ3n) is 3.78. The molecule has 3 nitrogen and oxygen atoms in total. The summed E-state index contributed by atoms with van der Waals surface area (Å²) in [5.41, 5.74) is -0.805. The predicted octanol–water partition coefficient (Wildman–Crippen LogP) is 3.24. The molecule has 1 fully saturated rings. The van der Waals surface area contributed by atoms with Crippen LogP contribution in [0.3, 0.4) is 0 Å². The van der Waals surface area contributed by atoms with Crippen LogP contribution >= 0.6 is 0 Å². The summed E-state index contributed by atoms with van der Waals surface area (Å²) in [7, 11) is 0. The molecular weight excluding hydrogens is 255 g/mol. The van der Waals surface area contributed by atoms with Gasteiger partial charge in [0.05, 0.1) is 6.04 Å². The minimum absolute atomic E-state index is 0.0137. The maximum Gasteiger partial charge on any atom is 0.435 e. The second-order valence-electron chi connectivity index (χ2n) is 5.33. The third-order valence-corrected chi connectivity index (χ3v) is 3.78. The molecule has 1 N–H and O–H groups in total. The second kappa shape index (κ2) is 5.53. The zero-order chi connectivity index (χ0) is 14.0. The molecular formula is C13H20F3N3. The van der Waals surface area contributed by atoms with Crippen LogP contribution in [-0.2, 0) is 6.18 Å². The van der Waals surface area contributed by atoms with Crippen LogP contribution in [0.25, 0.3) is 0 Å². The van der Waals surface area contributed by atoms with Crippen molar-refractivity contribution in [3.05, 3.63) is 18.0 Å². The van der Waals surface area contributed by atoms with E-state index in [-0.39, 0.29) is 12.1 Å². The van der Waals surface area contributed by atoms with Crippen LogP contribution in [0.2, 0.25) is 0 Å². The smallest absolute Gasteiger partial charge is 0.312 e. The number of halogens is 3. The van der Waals surface area contributed by atoms with E-state index in [4.69, 9.17) is 0 Å². The molecule has 19 heavy (non-hydrogen) atoms. The zero-order valence-corrected chi connectivity index (χ0v) is 11.2. The molecule has 0 amide bonds. The number of rotatable bonds is 3.